The smallest absolute Gasteiger partial charge is 0.234 e. The van der Waals surface area contributed by atoms with Crippen LogP contribution in [0, 0.1) is 13.8 Å². The van der Waals surface area contributed by atoms with Gasteiger partial charge in [0.15, 0.2) is 11.0 Å². The van der Waals surface area contributed by atoms with Crippen molar-refractivity contribution in [1.29, 1.82) is 0 Å². The van der Waals surface area contributed by atoms with Crippen LogP contribution in [-0.4, -0.2) is 26.4 Å². The third kappa shape index (κ3) is 6.01. The number of hydrogen-bond donors (Lipinski definition) is 1. The van der Waals surface area contributed by atoms with Gasteiger partial charge in [-0.05, 0) is 54.7 Å². The van der Waals surface area contributed by atoms with Crippen molar-refractivity contribution in [2.45, 2.75) is 51.9 Å². The van der Waals surface area contributed by atoms with Crippen LogP contribution in [0.4, 0.5) is 5.69 Å². The Morgan fingerprint density at radius 2 is 1.94 bits per heavy atom. The van der Waals surface area contributed by atoms with Gasteiger partial charge in [-0.2, -0.15) is 0 Å². The predicted molar refractivity (Wildman–Crippen MR) is 130 cm³/mol. The number of thioether (sulfide) groups is 1. The first kappa shape index (κ1) is 23.6. The van der Waals surface area contributed by atoms with Crippen LogP contribution >= 0.6 is 11.8 Å². The van der Waals surface area contributed by atoms with E-state index in [4.69, 9.17) is 4.74 Å². The molecule has 3 rings (SSSR count). The van der Waals surface area contributed by atoms with Crippen molar-refractivity contribution in [2.75, 3.05) is 11.1 Å². The Labute approximate surface area is 194 Å². The lowest BCUT2D eigenvalue weighted by Crippen LogP contribution is -2.15. The van der Waals surface area contributed by atoms with Crippen molar-refractivity contribution in [1.82, 2.24) is 14.8 Å². The number of nitrogens with zero attached hydrogens (tertiary/aromatic N) is 3. The second-order valence-electron chi connectivity index (χ2n) is 7.90. The number of nitrogens with one attached hydrogen (secondary N) is 1. The molecule has 0 aliphatic rings. The summed E-state index contributed by atoms with van der Waals surface area (Å²) in [5.74, 6) is 2.13. The molecule has 0 saturated carbocycles. The van der Waals surface area contributed by atoms with E-state index in [2.05, 4.69) is 48.9 Å². The molecule has 0 spiro atoms. The molecule has 0 atom stereocenters. The number of ether oxygens (including phenoxy) is 1. The van der Waals surface area contributed by atoms with Gasteiger partial charge in [0.2, 0.25) is 5.91 Å². The van der Waals surface area contributed by atoms with Gasteiger partial charge < -0.3 is 10.1 Å². The molecule has 0 saturated heterocycles. The van der Waals surface area contributed by atoms with E-state index in [1.807, 2.05) is 47.9 Å². The molecular weight excluding hydrogens is 420 g/mol. The zero-order valence-corrected chi connectivity index (χ0v) is 19.9. The fraction of sp³-hybridized carbons (Fsp3) is 0.320. The molecule has 32 heavy (non-hydrogen) atoms. The number of hydrogen-bond acceptors (Lipinski definition) is 5. The zero-order chi connectivity index (χ0) is 23.1. The van der Waals surface area contributed by atoms with E-state index in [9.17, 15) is 4.79 Å². The SMILES string of the molecule is C=CCn1c(COc2cccc(C)c2C)nnc1SCC(=O)Nc1ccc(C(C)C)cc1. The summed E-state index contributed by atoms with van der Waals surface area (Å²) in [6.45, 7) is 13.0. The predicted octanol–water partition coefficient (Wildman–Crippen LogP) is 5.51. The molecule has 7 heteroatoms. The highest BCUT2D eigenvalue weighted by molar-refractivity contribution is 7.99. The first-order valence-electron chi connectivity index (χ1n) is 10.6. The minimum absolute atomic E-state index is 0.0892. The van der Waals surface area contributed by atoms with Crippen molar-refractivity contribution in [3.05, 3.63) is 77.6 Å². The molecule has 0 aliphatic heterocycles. The van der Waals surface area contributed by atoms with Crippen molar-refractivity contribution in [3.63, 3.8) is 0 Å². The molecule has 0 unspecified atom stereocenters. The van der Waals surface area contributed by atoms with Crippen LogP contribution in [0.2, 0.25) is 0 Å². The van der Waals surface area contributed by atoms with Crippen molar-refractivity contribution in [3.8, 4) is 5.75 Å². The topological polar surface area (TPSA) is 69.0 Å². The van der Waals surface area contributed by atoms with Gasteiger partial charge in [-0.3, -0.25) is 9.36 Å². The van der Waals surface area contributed by atoms with Gasteiger partial charge in [0.25, 0.3) is 0 Å². The number of aryl methyl sites for hydroxylation is 1. The number of amides is 1. The first-order valence-corrected chi connectivity index (χ1v) is 11.6. The summed E-state index contributed by atoms with van der Waals surface area (Å²) in [5, 5.41) is 12.1. The van der Waals surface area contributed by atoms with Crippen LogP contribution in [0.15, 0.2) is 60.3 Å². The fourth-order valence-electron chi connectivity index (χ4n) is 3.15. The standard InChI is InChI=1S/C25H30N4O2S/c1-6-14-29-23(15-31-22-9-7-8-18(4)19(22)5)27-28-25(29)32-16-24(30)26-21-12-10-20(11-13-21)17(2)3/h6-13,17H,1,14-16H2,2-5H3,(H,26,30). The average Bonchev–Trinajstić information content (AvgIpc) is 3.15. The van der Waals surface area contributed by atoms with Crippen LogP contribution in [0.5, 0.6) is 5.75 Å². The number of rotatable bonds is 10. The maximum atomic E-state index is 12.4. The molecule has 0 aliphatic carbocycles. The Hall–Kier alpha value is -3.06. The van der Waals surface area contributed by atoms with Gasteiger partial charge >= 0.3 is 0 Å². The molecule has 2 aromatic carbocycles. The third-order valence-electron chi connectivity index (χ3n) is 5.21. The molecule has 168 valence electrons. The van der Waals surface area contributed by atoms with Crippen LogP contribution in [-0.2, 0) is 17.9 Å². The van der Waals surface area contributed by atoms with Gasteiger partial charge in [0, 0.05) is 12.2 Å². The van der Waals surface area contributed by atoms with Crippen molar-refractivity contribution < 1.29 is 9.53 Å². The monoisotopic (exact) mass is 450 g/mol. The fourth-order valence-corrected chi connectivity index (χ4v) is 3.91. The highest BCUT2D eigenvalue weighted by Gasteiger charge is 2.15. The second kappa shape index (κ2) is 11.0. The number of carbonyl (C=O) groups is 1. The number of carbonyl (C=O) groups excluding carboxylic acids is 1. The lowest BCUT2D eigenvalue weighted by molar-refractivity contribution is -0.113. The van der Waals surface area contributed by atoms with E-state index in [1.165, 1.54) is 22.9 Å². The van der Waals surface area contributed by atoms with E-state index in [0.29, 0.717) is 30.1 Å². The summed E-state index contributed by atoms with van der Waals surface area (Å²) in [4.78, 5) is 12.4. The highest BCUT2D eigenvalue weighted by Crippen LogP contribution is 2.23. The van der Waals surface area contributed by atoms with Crippen LogP contribution in [0.1, 0.15) is 42.3 Å². The van der Waals surface area contributed by atoms with Crippen molar-refractivity contribution in [2.24, 2.45) is 0 Å². The molecular formula is C25H30N4O2S. The van der Waals surface area contributed by atoms with Gasteiger partial charge in [0.1, 0.15) is 12.4 Å². The van der Waals surface area contributed by atoms with Gasteiger partial charge in [-0.15, -0.1) is 16.8 Å². The number of allylic oxidation sites excluding steroid dienone is 1. The summed E-state index contributed by atoms with van der Waals surface area (Å²) in [6, 6.07) is 13.9. The number of benzene rings is 2. The molecule has 3 aromatic rings. The van der Waals surface area contributed by atoms with E-state index < -0.39 is 0 Å². The maximum absolute atomic E-state index is 12.4. The molecule has 1 amide bonds. The Morgan fingerprint density at radius 3 is 2.62 bits per heavy atom. The van der Waals surface area contributed by atoms with Crippen LogP contribution < -0.4 is 10.1 Å². The molecule has 0 fully saturated rings. The Kier molecular flexibility index (Phi) is 8.11. The highest BCUT2D eigenvalue weighted by atomic mass is 32.2. The van der Waals surface area contributed by atoms with Gasteiger partial charge in [0.05, 0.1) is 5.75 Å². The lowest BCUT2D eigenvalue weighted by atomic mass is 10.0. The molecule has 0 radical (unpaired) electrons. The maximum Gasteiger partial charge on any atom is 0.234 e. The number of anilines is 1. The Balaban J connectivity index is 1.61. The summed E-state index contributed by atoms with van der Waals surface area (Å²) < 4.78 is 7.91. The summed E-state index contributed by atoms with van der Waals surface area (Å²) in [6.07, 6.45) is 1.78. The molecule has 6 nitrogen and oxygen atoms in total. The minimum Gasteiger partial charge on any atom is -0.485 e. The van der Waals surface area contributed by atoms with E-state index >= 15 is 0 Å². The van der Waals surface area contributed by atoms with Crippen LogP contribution in [0.25, 0.3) is 0 Å². The molecule has 1 heterocycles. The van der Waals surface area contributed by atoms with Crippen LogP contribution in [0.3, 0.4) is 0 Å². The Bertz CT molecular complexity index is 1070. The quantitative estimate of drug-likeness (QED) is 0.326. The minimum atomic E-state index is -0.0892. The Morgan fingerprint density at radius 1 is 1.19 bits per heavy atom. The summed E-state index contributed by atoms with van der Waals surface area (Å²) >= 11 is 1.34. The van der Waals surface area contributed by atoms with E-state index in [-0.39, 0.29) is 11.7 Å². The summed E-state index contributed by atoms with van der Waals surface area (Å²) in [7, 11) is 0. The van der Waals surface area contributed by atoms with Gasteiger partial charge in [-0.25, -0.2) is 0 Å². The van der Waals surface area contributed by atoms with Crippen molar-refractivity contribution >= 4 is 23.4 Å². The molecule has 0 bridgehead atoms. The van der Waals surface area contributed by atoms with E-state index in [0.717, 1.165) is 17.0 Å². The third-order valence-corrected chi connectivity index (χ3v) is 6.18. The normalized spacial score (nSPS) is 10.9. The van der Waals surface area contributed by atoms with E-state index in [1.54, 1.807) is 6.08 Å². The number of aromatic nitrogens is 3. The lowest BCUT2D eigenvalue weighted by Gasteiger charge is -2.12. The summed E-state index contributed by atoms with van der Waals surface area (Å²) in [5.41, 5.74) is 4.31. The molecule has 1 N–H and O–H groups in total. The molecule has 1 aromatic heterocycles. The largest absolute Gasteiger partial charge is 0.485 e. The van der Waals surface area contributed by atoms with Gasteiger partial charge in [-0.1, -0.05) is 56.0 Å². The zero-order valence-electron chi connectivity index (χ0n) is 19.1. The second-order valence-corrected chi connectivity index (χ2v) is 8.84. The first-order chi connectivity index (χ1) is 15.4. The average molecular weight is 451 g/mol.